The molecule has 0 aliphatic carbocycles. The summed E-state index contributed by atoms with van der Waals surface area (Å²) in [4.78, 5) is 17.2. The smallest absolute Gasteiger partial charge is 0.238 e. The van der Waals surface area contributed by atoms with Gasteiger partial charge in [-0.2, -0.15) is 0 Å². The summed E-state index contributed by atoms with van der Waals surface area (Å²) in [6.45, 7) is 6.15. The highest BCUT2D eigenvalue weighted by molar-refractivity contribution is 8.00. The number of amides is 1. The van der Waals surface area contributed by atoms with E-state index in [1.165, 1.54) is 36.0 Å². The number of carbonyl (C=O) groups excluding carboxylic acids is 1. The van der Waals surface area contributed by atoms with Crippen molar-refractivity contribution in [3.05, 3.63) is 53.8 Å². The fourth-order valence-corrected chi connectivity index (χ4v) is 4.57. The van der Waals surface area contributed by atoms with Crippen molar-refractivity contribution in [2.75, 3.05) is 0 Å². The first-order valence-corrected chi connectivity index (χ1v) is 11.8. The predicted octanol–water partition coefficient (Wildman–Crippen LogP) is 3.20. The molecule has 0 saturated heterocycles. The summed E-state index contributed by atoms with van der Waals surface area (Å²) in [7, 11) is -3.83. The Hall–Kier alpha value is -2.43. The average Bonchev–Trinajstić information content (AvgIpc) is 3.03. The fourth-order valence-electron chi connectivity index (χ4n) is 3.04. The zero-order valence-corrected chi connectivity index (χ0v) is 18.4. The molecule has 0 aliphatic rings. The Morgan fingerprint density at radius 2 is 1.90 bits per heavy atom. The van der Waals surface area contributed by atoms with Gasteiger partial charge in [0.2, 0.25) is 15.9 Å². The van der Waals surface area contributed by atoms with Gasteiger partial charge in [-0.05, 0) is 56.7 Å². The minimum atomic E-state index is -3.83. The number of nitrogens with zero attached hydrogens (tertiary/aromatic N) is 2. The van der Waals surface area contributed by atoms with Gasteiger partial charge in [-0.3, -0.25) is 4.79 Å². The van der Waals surface area contributed by atoms with Crippen molar-refractivity contribution >= 4 is 38.7 Å². The molecule has 3 rings (SSSR count). The maximum absolute atomic E-state index is 13.1. The van der Waals surface area contributed by atoms with Crippen molar-refractivity contribution in [1.82, 2.24) is 14.9 Å². The highest BCUT2D eigenvalue weighted by Gasteiger charge is 2.21. The molecule has 1 amide bonds. The molecule has 10 heteroatoms. The van der Waals surface area contributed by atoms with E-state index in [1.54, 1.807) is 25.1 Å². The van der Waals surface area contributed by atoms with Crippen LogP contribution >= 0.6 is 11.8 Å². The summed E-state index contributed by atoms with van der Waals surface area (Å²) in [5, 5.41) is 8.28. The van der Waals surface area contributed by atoms with Gasteiger partial charge in [-0.1, -0.05) is 23.9 Å². The number of hydrogen-bond acceptors (Lipinski definition) is 5. The number of halogens is 1. The van der Waals surface area contributed by atoms with Crippen LogP contribution in [0.3, 0.4) is 0 Å². The lowest BCUT2D eigenvalue weighted by Crippen LogP contribution is -2.33. The molecule has 0 spiro atoms. The van der Waals surface area contributed by atoms with Crippen molar-refractivity contribution in [3.8, 4) is 0 Å². The Bertz CT molecular complexity index is 1180. The van der Waals surface area contributed by atoms with E-state index in [0.717, 1.165) is 11.1 Å². The number of carbonyl (C=O) groups is 1. The molecule has 0 radical (unpaired) electrons. The Labute approximate surface area is 178 Å². The number of hydrogen-bond donors (Lipinski definition) is 2. The van der Waals surface area contributed by atoms with Crippen molar-refractivity contribution in [2.24, 2.45) is 5.14 Å². The second-order valence-corrected chi connectivity index (χ2v) is 9.75. The number of nitrogens with two attached hydrogens (primary N) is 1. The number of nitrogens with one attached hydrogen (secondary N) is 1. The number of rotatable bonds is 7. The van der Waals surface area contributed by atoms with Crippen LogP contribution in [0.5, 0.6) is 0 Å². The standard InChI is InChI=1S/C20H23FN4O3S2/c1-4-25-18-10-9-16(30(22,27)28)11-17(18)24-20(25)29-13(3)19(26)23-12(2)14-5-7-15(21)8-6-14/h5-13H,4H2,1-3H3,(H,23,26)(H2,22,27,28)/t12-,13+/m1/s1. The fraction of sp³-hybridized carbons (Fsp3) is 0.300. The highest BCUT2D eigenvalue weighted by atomic mass is 32.2. The molecule has 0 saturated carbocycles. The lowest BCUT2D eigenvalue weighted by molar-refractivity contribution is -0.120. The molecular formula is C20H23FN4O3S2. The Morgan fingerprint density at radius 3 is 2.50 bits per heavy atom. The Morgan fingerprint density at radius 1 is 1.23 bits per heavy atom. The minimum absolute atomic E-state index is 0.00813. The number of imidazole rings is 1. The van der Waals surface area contributed by atoms with Crippen LogP contribution in [0.2, 0.25) is 0 Å². The van der Waals surface area contributed by atoms with Gasteiger partial charge < -0.3 is 9.88 Å². The molecule has 0 fully saturated rings. The average molecular weight is 451 g/mol. The number of primary sulfonamides is 1. The third-order valence-corrected chi connectivity index (χ3v) is 6.71. The molecule has 0 unspecified atom stereocenters. The van der Waals surface area contributed by atoms with Gasteiger partial charge >= 0.3 is 0 Å². The monoisotopic (exact) mass is 450 g/mol. The maximum atomic E-state index is 13.1. The van der Waals surface area contributed by atoms with Crippen LogP contribution in [0.15, 0.2) is 52.5 Å². The Balaban J connectivity index is 1.78. The molecule has 3 aromatic rings. The molecule has 1 heterocycles. The third-order valence-electron chi connectivity index (χ3n) is 4.71. The molecule has 0 bridgehead atoms. The molecule has 2 aromatic carbocycles. The predicted molar refractivity (Wildman–Crippen MR) is 115 cm³/mol. The third kappa shape index (κ3) is 4.82. The van der Waals surface area contributed by atoms with Gasteiger partial charge in [0.1, 0.15) is 5.82 Å². The summed E-state index contributed by atoms with van der Waals surface area (Å²) in [6.07, 6.45) is 0. The number of sulfonamides is 1. The maximum Gasteiger partial charge on any atom is 0.238 e. The van der Waals surface area contributed by atoms with Crippen LogP contribution in [0.1, 0.15) is 32.4 Å². The van der Waals surface area contributed by atoms with E-state index in [2.05, 4.69) is 10.3 Å². The number of aryl methyl sites for hydroxylation is 1. The lowest BCUT2D eigenvalue weighted by atomic mass is 10.1. The van der Waals surface area contributed by atoms with Crippen LogP contribution < -0.4 is 10.5 Å². The number of benzene rings is 2. The van der Waals surface area contributed by atoms with Gasteiger partial charge in [0.05, 0.1) is 27.2 Å². The zero-order chi connectivity index (χ0) is 22.1. The van der Waals surface area contributed by atoms with Crippen molar-refractivity contribution in [3.63, 3.8) is 0 Å². The molecular weight excluding hydrogens is 427 g/mol. The van der Waals surface area contributed by atoms with Crippen molar-refractivity contribution in [1.29, 1.82) is 0 Å². The van der Waals surface area contributed by atoms with Crippen LogP contribution in [0, 0.1) is 5.82 Å². The van der Waals surface area contributed by atoms with Crippen LogP contribution in [-0.2, 0) is 21.4 Å². The minimum Gasteiger partial charge on any atom is -0.349 e. The largest absolute Gasteiger partial charge is 0.349 e. The summed E-state index contributed by atoms with van der Waals surface area (Å²) >= 11 is 1.28. The second kappa shape index (κ2) is 8.75. The van der Waals surface area contributed by atoms with Gasteiger partial charge in [-0.25, -0.2) is 22.9 Å². The first-order chi connectivity index (χ1) is 14.1. The van der Waals surface area contributed by atoms with Gasteiger partial charge in [0.25, 0.3) is 0 Å². The van der Waals surface area contributed by atoms with E-state index < -0.39 is 15.3 Å². The van der Waals surface area contributed by atoms with Gasteiger partial charge in [-0.15, -0.1) is 0 Å². The van der Waals surface area contributed by atoms with E-state index in [9.17, 15) is 17.6 Å². The molecule has 30 heavy (non-hydrogen) atoms. The lowest BCUT2D eigenvalue weighted by Gasteiger charge is -2.18. The molecule has 3 N–H and O–H groups in total. The summed E-state index contributed by atoms with van der Waals surface area (Å²) in [5.41, 5.74) is 2.07. The van der Waals surface area contributed by atoms with E-state index in [1.807, 2.05) is 18.4 Å². The molecule has 160 valence electrons. The van der Waals surface area contributed by atoms with E-state index in [4.69, 9.17) is 5.14 Å². The van der Waals surface area contributed by atoms with Crippen molar-refractivity contribution in [2.45, 2.75) is 48.7 Å². The second-order valence-electron chi connectivity index (χ2n) is 6.88. The SMILES string of the molecule is CCn1c(S[C@@H](C)C(=O)N[C@H](C)c2ccc(F)cc2)nc2cc(S(N)(=O)=O)ccc21. The summed E-state index contributed by atoms with van der Waals surface area (Å²) in [6, 6.07) is 10.3. The van der Waals surface area contributed by atoms with E-state index in [-0.39, 0.29) is 22.7 Å². The van der Waals surface area contributed by atoms with Crippen molar-refractivity contribution < 1.29 is 17.6 Å². The van der Waals surface area contributed by atoms with Crippen LogP contribution in [-0.4, -0.2) is 29.1 Å². The molecule has 1 aromatic heterocycles. The van der Waals surface area contributed by atoms with E-state index >= 15 is 0 Å². The molecule has 2 atom stereocenters. The van der Waals surface area contributed by atoms with E-state index in [0.29, 0.717) is 17.2 Å². The summed E-state index contributed by atoms with van der Waals surface area (Å²) in [5.74, 6) is -0.512. The Kier molecular flexibility index (Phi) is 6.49. The zero-order valence-electron chi connectivity index (χ0n) is 16.8. The first-order valence-electron chi connectivity index (χ1n) is 9.35. The van der Waals surface area contributed by atoms with Crippen LogP contribution in [0.4, 0.5) is 4.39 Å². The number of aromatic nitrogens is 2. The molecule has 7 nitrogen and oxygen atoms in total. The van der Waals surface area contributed by atoms with Gasteiger partial charge in [0, 0.05) is 6.54 Å². The number of fused-ring (bicyclic) bond motifs is 1. The topological polar surface area (TPSA) is 107 Å². The summed E-state index contributed by atoms with van der Waals surface area (Å²) < 4.78 is 38.2. The molecule has 0 aliphatic heterocycles. The quantitative estimate of drug-likeness (QED) is 0.538. The first kappa shape index (κ1) is 22.3. The highest BCUT2D eigenvalue weighted by Crippen LogP contribution is 2.29. The van der Waals surface area contributed by atoms with Crippen LogP contribution in [0.25, 0.3) is 11.0 Å². The normalized spacial score (nSPS) is 13.9. The van der Waals surface area contributed by atoms with Gasteiger partial charge in [0.15, 0.2) is 5.16 Å². The number of thioether (sulfide) groups is 1.